The number of carbonyl (C=O) groups is 2. The fraction of sp³-hybridized carbons (Fsp3) is 0.508. The smallest absolute Gasteiger partial charge is 0.261 e. The van der Waals surface area contributed by atoms with Gasteiger partial charge in [-0.05, 0) is 182 Å². The zero-order valence-corrected chi connectivity index (χ0v) is 46.5. The number of fused-ring (bicyclic) bond motifs is 1. The van der Waals surface area contributed by atoms with Gasteiger partial charge in [0.05, 0.1) is 36.5 Å². The number of nitrogens with zero attached hydrogens (tertiary/aromatic N) is 1. The molecule has 0 saturated carbocycles. The van der Waals surface area contributed by atoms with E-state index >= 15 is 0 Å². The lowest BCUT2D eigenvalue weighted by atomic mass is 9.69. The lowest BCUT2D eigenvalue weighted by Crippen LogP contribution is -2.31. The fourth-order valence-corrected chi connectivity index (χ4v) is 11.3. The minimum absolute atomic E-state index is 0.0890. The molecule has 0 fully saturated rings. The fourth-order valence-electron chi connectivity index (χ4n) is 11.3. The second kappa shape index (κ2) is 23.3. The monoisotopic (exact) mass is 978 g/mol. The van der Waals surface area contributed by atoms with Crippen molar-refractivity contribution in [1.82, 2.24) is 4.90 Å². The van der Waals surface area contributed by atoms with Crippen LogP contribution in [-0.2, 0) is 35.0 Å². The van der Waals surface area contributed by atoms with Crippen LogP contribution in [0.5, 0.6) is 11.5 Å². The van der Waals surface area contributed by atoms with E-state index in [4.69, 9.17) is 9.47 Å². The molecule has 0 spiro atoms. The largest absolute Gasteiger partial charge is 0.508 e. The Morgan fingerprint density at radius 2 is 1.08 bits per heavy atom. The summed E-state index contributed by atoms with van der Waals surface area (Å²) < 4.78 is 13.1. The van der Waals surface area contributed by atoms with E-state index in [1.807, 2.05) is 25.1 Å². The van der Waals surface area contributed by atoms with Crippen LogP contribution in [-0.4, -0.2) is 52.3 Å². The third kappa shape index (κ3) is 12.1. The van der Waals surface area contributed by atoms with E-state index in [0.29, 0.717) is 42.9 Å². The first-order chi connectivity index (χ1) is 34.0. The van der Waals surface area contributed by atoms with Crippen molar-refractivity contribution in [3.8, 4) is 11.5 Å². The average molecular weight is 978 g/mol. The lowest BCUT2D eigenvalue weighted by molar-refractivity contribution is -0.0328. The van der Waals surface area contributed by atoms with Crippen molar-refractivity contribution < 1.29 is 29.3 Å². The van der Waals surface area contributed by atoms with Crippen LogP contribution in [0.2, 0.25) is 0 Å². The zero-order valence-electron chi connectivity index (χ0n) is 46.5. The van der Waals surface area contributed by atoms with Gasteiger partial charge in [0.25, 0.3) is 11.8 Å². The number of amides is 2. The second-order valence-electron chi connectivity index (χ2n) is 23.1. The summed E-state index contributed by atoms with van der Waals surface area (Å²) in [5.41, 5.74) is 13.3. The summed E-state index contributed by atoms with van der Waals surface area (Å²) in [6.45, 7) is 31.4. The molecule has 1 heterocycles. The number of aliphatic hydroxyl groups excluding tert-OH is 1. The lowest BCUT2D eigenvalue weighted by Gasteiger charge is -2.34. The Morgan fingerprint density at radius 3 is 1.58 bits per heavy atom. The highest BCUT2D eigenvalue weighted by Gasteiger charge is 2.38. The van der Waals surface area contributed by atoms with Crippen LogP contribution in [0.15, 0.2) is 91.0 Å². The minimum atomic E-state index is -0.342. The quantitative estimate of drug-likeness (QED) is 0.0500. The van der Waals surface area contributed by atoms with Gasteiger partial charge in [-0.25, -0.2) is 0 Å². The number of hydrogen-bond donors (Lipinski definition) is 2. The third-order valence-electron chi connectivity index (χ3n) is 16.6. The summed E-state index contributed by atoms with van der Waals surface area (Å²) >= 11 is 0. The van der Waals surface area contributed by atoms with Gasteiger partial charge in [-0.15, -0.1) is 0 Å². The van der Waals surface area contributed by atoms with Gasteiger partial charge < -0.3 is 19.7 Å². The highest BCUT2D eigenvalue weighted by molar-refractivity contribution is 6.22. The Kier molecular flexibility index (Phi) is 18.2. The van der Waals surface area contributed by atoms with Crippen LogP contribution >= 0.6 is 0 Å². The van der Waals surface area contributed by atoms with Crippen molar-refractivity contribution in [1.29, 1.82) is 0 Å². The van der Waals surface area contributed by atoms with Crippen LogP contribution in [0.1, 0.15) is 203 Å². The second-order valence-corrected chi connectivity index (χ2v) is 23.1. The number of aliphatic hydroxyl groups is 1. The molecule has 0 aromatic heterocycles. The van der Waals surface area contributed by atoms with Crippen LogP contribution < -0.4 is 4.74 Å². The maximum atomic E-state index is 14.0. The van der Waals surface area contributed by atoms with Crippen molar-refractivity contribution in [2.24, 2.45) is 10.8 Å². The molecule has 2 unspecified atom stereocenters. The molecule has 0 bridgehead atoms. The van der Waals surface area contributed by atoms with E-state index in [1.165, 1.54) is 49.4 Å². The zero-order chi connectivity index (χ0) is 52.8. The molecule has 0 radical (unpaired) electrons. The van der Waals surface area contributed by atoms with Gasteiger partial charge in [-0.2, -0.15) is 0 Å². The normalized spacial score (nSPS) is 14.2. The number of imide groups is 1. The van der Waals surface area contributed by atoms with Gasteiger partial charge in [-0.1, -0.05) is 142 Å². The number of unbranched alkanes of at least 4 members (excludes halogenated alkanes) is 1. The van der Waals surface area contributed by atoms with Crippen molar-refractivity contribution >= 4 is 11.8 Å². The van der Waals surface area contributed by atoms with Crippen LogP contribution in [0.3, 0.4) is 0 Å². The highest BCUT2D eigenvalue weighted by atomic mass is 16.5. The molecule has 72 heavy (non-hydrogen) atoms. The van der Waals surface area contributed by atoms with E-state index in [-0.39, 0.29) is 52.3 Å². The molecular weight excluding hydrogens is 891 g/mol. The van der Waals surface area contributed by atoms with Gasteiger partial charge in [0, 0.05) is 17.4 Å². The molecule has 1 aliphatic rings. The van der Waals surface area contributed by atoms with Gasteiger partial charge in [0.2, 0.25) is 0 Å². The number of aryl methyl sites for hydroxylation is 6. The molecule has 0 aliphatic carbocycles. The highest BCUT2D eigenvalue weighted by Crippen LogP contribution is 2.43. The molecule has 6 rings (SSSR count). The molecule has 2 atom stereocenters. The Hall–Kier alpha value is -5.24. The van der Waals surface area contributed by atoms with Crippen LogP contribution in [0.25, 0.3) is 0 Å². The number of aromatic hydroxyl groups is 1. The first kappa shape index (κ1) is 56.1. The number of ether oxygens (including phenoxy) is 2. The maximum absolute atomic E-state index is 14.0. The average Bonchev–Trinajstić information content (AvgIpc) is 3.58. The molecule has 2 amide bonds. The first-order valence-corrected chi connectivity index (χ1v) is 27.1. The van der Waals surface area contributed by atoms with E-state index in [2.05, 4.69) is 157 Å². The number of phenols is 1. The van der Waals surface area contributed by atoms with E-state index in [9.17, 15) is 19.8 Å². The van der Waals surface area contributed by atoms with Crippen LogP contribution in [0.4, 0.5) is 0 Å². The first-order valence-electron chi connectivity index (χ1n) is 27.1. The van der Waals surface area contributed by atoms with Crippen molar-refractivity contribution in [3.05, 3.63) is 163 Å². The summed E-state index contributed by atoms with van der Waals surface area (Å²) in [4.78, 5) is 29.1. The number of benzene rings is 5. The van der Waals surface area contributed by atoms with E-state index in [1.54, 1.807) is 6.07 Å². The molecule has 5 aromatic carbocycles. The predicted molar refractivity (Wildman–Crippen MR) is 296 cm³/mol. The summed E-state index contributed by atoms with van der Waals surface area (Å²) in [5.74, 6) is 0.684. The van der Waals surface area contributed by atoms with Crippen LogP contribution in [0, 0.1) is 38.5 Å². The molecule has 1 aliphatic heterocycles. The molecule has 2 N–H and O–H groups in total. The van der Waals surface area contributed by atoms with Gasteiger partial charge >= 0.3 is 0 Å². The molecule has 7 nitrogen and oxygen atoms in total. The number of phenolic OH excluding ortho intramolecular Hbond substituents is 1. The van der Waals surface area contributed by atoms with Gasteiger partial charge in [0.1, 0.15) is 11.5 Å². The summed E-state index contributed by atoms with van der Waals surface area (Å²) in [7, 11) is 0. The summed E-state index contributed by atoms with van der Waals surface area (Å²) in [6, 6.07) is 32.0. The molecule has 5 aromatic rings. The molecule has 0 saturated heterocycles. The predicted octanol–water partition coefficient (Wildman–Crippen LogP) is 15.2. The van der Waals surface area contributed by atoms with E-state index < -0.39 is 0 Å². The standard InChI is InChI=1S/C65H87NO6/c1-15-64(16-2,52-30-32-55(67)45(7)40-52)50-29-25-48(44(6)39-50)27-35-58(63(12,13)14)72-42-49-22-21-23-54-59(49)61(70)66(60(54)69)36-19-20-37-71-56-33-31-53(41-46(56)8)65(17-3,18-4)51-28-24-47(43(5)38-51)26-34-57(68)62(9,10)11/h21-25,28-33,38-41,57-58,67-68H,15-20,26-27,34-37,42H2,1-14H3. The Morgan fingerprint density at radius 1 is 0.569 bits per heavy atom. The SMILES string of the molecule is CCC(CC)(c1ccc(O)c(C)c1)c1ccc(CCC(OCc2cccc3c2C(=O)N(CCCCOc2ccc(C(CC)(CC)c4ccc(CCC(O)C(C)(C)C)c(C)c4)cc2C)C3=O)C(C)(C)C)c(C)c1. The van der Waals surface area contributed by atoms with E-state index in [0.717, 1.165) is 73.8 Å². The third-order valence-corrected chi connectivity index (χ3v) is 16.6. The van der Waals surface area contributed by atoms with Crippen molar-refractivity contribution in [2.75, 3.05) is 13.2 Å². The van der Waals surface area contributed by atoms with Gasteiger partial charge in [-0.3, -0.25) is 14.5 Å². The minimum Gasteiger partial charge on any atom is -0.508 e. The topological polar surface area (TPSA) is 96.3 Å². The van der Waals surface area contributed by atoms with Crippen molar-refractivity contribution in [2.45, 2.75) is 191 Å². The molecular formula is C65H87NO6. The Bertz CT molecular complexity index is 2670. The Balaban J connectivity index is 1.04. The molecule has 388 valence electrons. The summed E-state index contributed by atoms with van der Waals surface area (Å²) in [6.07, 6.45) is 8.01. The number of rotatable bonds is 23. The summed E-state index contributed by atoms with van der Waals surface area (Å²) in [5, 5.41) is 20.9. The number of carbonyl (C=O) groups excluding carboxylic acids is 2. The number of hydrogen-bond acceptors (Lipinski definition) is 6. The molecule has 7 heteroatoms. The maximum Gasteiger partial charge on any atom is 0.261 e. The van der Waals surface area contributed by atoms with Gasteiger partial charge in [0.15, 0.2) is 0 Å². The Labute approximate surface area is 433 Å². The van der Waals surface area contributed by atoms with Crippen molar-refractivity contribution in [3.63, 3.8) is 0 Å².